The molecule has 1 N–H and O–H groups in total. The molecule has 0 aliphatic carbocycles. The molecule has 5 heteroatoms. The van der Waals surface area contributed by atoms with Crippen molar-refractivity contribution in [1.82, 2.24) is 10.2 Å². The van der Waals surface area contributed by atoms with Crippen LogP contribution in [0.5, 0.6) is 5.75 Å². The molecule has 0 fully saturated rings. The number of benzene rings is 2. The van der Waals surface area contributed by atoms with Crippen LogP contribution in [0.2, 0.25) is 5.02 Å². The van der Waals surface area contributed by atoms with Crippen molar-refractivity contribution < 1.29 is 4.74 Å². The molecule has 2 aromatic rings. The largest absolute Gasteiger partial charge is 0.492 e. The van der Waals surface area contributed by atoms with Crippen molar-refractivity contribution in [3.05, 3.63) is 41.4 Å². The van der Waals surface area contributed by atoms with E-state index in [9.17, 15) is 0 Å². The molecule has 3 nitrogen and oxygen atoms in total. The normalized spacial score (nSPS) is 10.7. The minimum absolute atomic E-state index is 0. The van der Waals surface area contributed by atoms with Gasteiger partial charge in [0.15, 0.2) is 0 Å². The number of likely N-dealkylation sites (N-methyl/N-ethyl adjacent to an activating group) is 1. The first-order valence-electron chi connectivity index (χ1n) is 6.84. The van der Waals surface area contributed by atoms with Gasteiger partial charge in [-0.15, -0.1) is 12.4 Å². The van der Waals surface area contributed by atoms with E-state index in [1.165, 1.54) is 0 Å². The van der Waals surface area contributed by atoms with Gasteiger partial charge in [0.05, 0.1) is 0 Å². The number of hydrogen-bond donors (Lipinski definition) is 1. The van der Waals surface area contributed by atoms with E-state index in [4.69, 9.17) is 16.3 Å². The maximum absolute atomic E-state index is 6.19. The summed E-state index contributed by atoms with van der Waals surface area (Å²) >= 11 is 6.19. The van der Waals surface area contributed by atoms with Crippen molar-refractivity contribution in [2.24, 2.45) is 0 Å². The number of nitrogens with one attached hydrogen (secondary N) is 1. The Morgan fingerprint density at radius 1 is 1.05 bits per heavy atom. The van der Waals surface area contributed by atoms with Gasteiger partial charge in [0.1, 0.15) is 12.4 Å². The quantitative estimate of drug-likeness (QED) is 0.788. The van der Waals surface area contributed by atoms with E-state index in [1.54, 1.807) is 0 Å². The first kappa shape index (κ1) is 18.1. The molecule has 0 unspecified atom stereocenters. The third-order valence-corrected chi connectivity index (χ3v) is 3.43. The summed E-state index contributed by atoms with van der Waals surface area (Å²) in [5.41, 5.74) is 0. The molecule has 0 aliphatic heterocycles. The number of fused-ring (bicyclic) bond motifs is 1. The van der Waals surface area contributed by atoms with Crippen molar-refractivity contribution in [1.29, 1.82) is 0 Å². The predicted molar refractivity (Wildman–Crippen MR) is 93.1 cm³/mol. The second-order valence-electron chi connectivity index (χ2n) is 4.99. The van der Waals surface area contributed by atoms with Gasteiger partial charge < -0.3 is 15.0 Å². The van der Waals surface area contributed by atoms with Gasteiger partial charge in [-0.25, -0.2) is 0 Å². The summed E-state index contributed by atoms with van der Waals surface area (Å²) in [6.45, 7) is 3.49. The van der Waals surface area contributed by atoms with Crippen LogP contribution in [0.1, 0.15) is 0 Å². The monoisotopic (exact) mass is 328 g/mol. The predicted octanol–water partition coefficient (Wildman–Crippen LogP) is 3.45. The first-order valence-corrected chi connectivity index (χ1v) is 7.22. The van der Waals surface area contributed by atoms with Gasteiger partial charge in [-0.3, -0.25) is 0 Å². The first-order chi connectivity index (χ1) is 9.68. The summed E-state index contributed by atoms with van der Waals surface area (Å²) in [5, 5.41) is 6.21. The molecule has 2 rings (SSSR count). The molecule has 0 radical (unpaired) electrons. The van der Waals surface area contributed by atoms with Crippen molar-refractivity contribution in [3.8, 4) is 5.75 Å². The van der Waals surface area contributed by atoms with Gasteiger partial charge in [-0.2, -0.15) is 0 Å². The summed E-state index contributed by atoms with van der Waals surface area (Å²) in [5.74, 6) is 0.888. The van der Waals surface area contributed by atoms with Crippen LogP contribution in [0, 0.1) is 0 Å². The zero-order valence-electron chi connectivity index (χ0n) is 12.4. The molecule has 0 spiro atoms. The van der Waals surface area contributed by atoms with Crippen molar-refractivity contribution in [3.63, 3.8) is 0 Å². The molecule has 0 amide bonds. The Morgan fingerprint density at radius 3 is 2.48 bits per heavy atom. The Kier molecular flexibility index (Phi) is 7.83. The molecule has 0 atom stereocenters. The summed E-state index contributed by atoms with van der Waals surface area (Å²) in [6.07, 6.45) is 0. The molecular formula is C16H22Cl2N2O. The highest BCUT2D eigenvalue weighted by atomic mass is 35.5. The van der Waals surface area contributed by atoms with E-state index < -0.39 is 0 Å². The van der Waals surface area contributed by atoms with Crippen LogP contribution >= 0.6 is 24.0 Å². The van der Waals surface area contributed by atoms with Gasteiger partial charge >= 0.3 is 0 Å². The van der Waals surface area contributed by atoms with Gasteiger partial charge in [0.2, 0.25) is 0 Å². The van der Waals surface area contributed by atoms with Crippen molar-refractivity contribution >= 4 is 34.8 Å². The lowest BCUT2D eigenvalue weighted by atomic mass is 10.1. The summed E-state index contributed by atoms with van der Waals surface area (Å²) in [7, 11) is 4.13. The maximum Gasteiger partial charge on any atom is 0.127 e. The number of hydrogen-bond acceptors (Lipinski definition) is 3. The van der Waals surface area contributed by atoms with Crippen LogP contribution in [0.4, 0.5) is 0 Å². The van der Waals surface area contributed by atoms with E-state index in [0.29, 0.717) is 6.61 Å². The summed E-state index contributed by atoms with van der Waals surface area (Å²) in [4.78, 5) is 2.15. The molecule has 0 bridgehead atoms. The Labute approximate surface area is 137 Å². The minimum Gasteiger partial charge on any atom is -0.492 e. The van der Waals surface area contributed by atoms with E-state index >= 15 is 0 Å². The van der Waals surface area contributed by atoms with E-state index in [-0.39, 0.29) is 12.4 Å². The van der Waals surface area contributed by atoms with E-state index in [1.807, 2.05) is 36.4 Å². The topological polar surface area (TPSA) is 24.5 Å². The Hall–Kier alpha value is -1.00. The van der Waals surface area contributed by atoms with Gasteiger partial charge in [0.25, 0.3) is 0 Å². The van der Waals surface area contributed by atoms with Gasteiger partial charge in [-0.1, -0.05) is 35.9 Å². The van der Waals surface area contributed by atoms with E-state index in [2.05, 4.69) is 24.3 Å². The molecule has 0 aliphatic rings. The minimum atomic E-state index is 0. The fourth-order valence-corrected chi connectivity index (χ4v) is 2.25. The Balaban J connectivity index is 0.00000220. The number of nitrogens with zero attached hydrogens (tertiary/aromatic N) is 1. The number of ether oxygens (including phenoxy) is 1. The summed E-state index contributed by atoms with van der Waals surface area (Å²) in [6, 6.07) is 11.9. The second kappa shape index (κ2) is 9.11. The van der Waals surface area contributed by atoms with Gasteiger partial charge in [-0.05, 0) is 26.2 Å². The molecular weight excluding hydrogens is 307 g/mol. The lowest BCUT2D eigenvalue weighted by Crippen LogP contribution is -2.29. The fourth-order valence-electron chi connectivity index (χ4n) is 2.02. The zero-order chi connectivity index (χ0) is 14.4. The third kappa shape index (κ3) is 5.36. The molecule has 0 aromatic heterocycles. The molecule has 0 saturated heterocycles. The number of halogens is 2. The molecule has 2 aromatic carbocycles. The summed E-state index contributed by atoms with van der Waals surface area (Å²) < 4.78 is 5.85. The highest BCUT2D eigenvalue weighted by Gasteiger charge is 2.04. The Morgan fingerprint density at radius 2 is 1.76 bits per heavy atom. The smallest absolute Gasteiger partial charge is 0.127 e. The Bertz CT molecular complexity index is 561. The van der Waals surface area contributed by atoms with E-state index in [0.717, 1.165) is 41.2 Å². The standard InChI is InChI=1S/C16H21ClN2O.ClH/c1-19(2)11-9-18-10-12-20-16-8-7-15(17)13-5-3-4-6-14(13)16;/h3-8,18H,9-12H2,1-2H3;1H. The van der Waals surface area contributed by atoms with Crippen molar-refractivity contribution in [2.75, 3.05) is 40.3 Å². The van der Waals surface area contributed by atoms with Crippen LogP contribution in [-0.4, -0.2) is 45.2 Å². The van der Waals surface area contributed by atoms with Crippen LogP contribution in [0.15, 0.2) is 36.4 Å². The van der Waals surface area contributed by atoms with Crippen molar-refractivity contribution in [2.45, 2.75) is 0 Å². The average Bonchev–Trinajstić information content (AvgIpc) is 2.45. The highest BCUT2D eigenvalue weighted by molar-refractivity contribution is 6.35. The highest BCUT2D eigenvalue weighted by Crippen LogP contribution is 2.31. The molecule has 0 heterocycles. The van der Waals surface area contributed by atoms with Crippen LogP contribution < -0.4 is 10.1 Å². The average molecular weight is 329 g/mol. The zero-order valence-corrected chi connectivity index (χ0v) is 14.0. The number of rotatable bonds is 7. The molecule has 0 saturated carbocycles. The fraction of sp³-hybridized carbons (Fsp3) is 0.375. The van der Waals surface area contributed by atoms with Crippen LogP contribution in [0.3, 0.4) is 0 Å². The molecule has 21 heavy (non-hydrogen) atoms. The SMILES string of the molecule is CN(C)CCNCCOc1ccc(Cl)c2ccccc12.Cl. The van der Waals surface area contributed by atoms with Gasteiger partial charge in [0, 0.05) is 35.4 Å². The lowest BCUT2D eigenvalue weighted by molar-refractivity contribution is 0.311. The van der Waals surface area contributed by atoms with Crippen LogP contribution in [-0.2, 0) is 0 Å². The lowest BCUT2D eigenvalue weighted by Gasteiger charge is -2.12. The third-order valence-electron chi connectivity index (χ3n) is 3.10. The van der Waals surface area contributed by atoms with Crippen LogP contribution in [0.25, 0.3) is 10.8 Å². The molecule has 116 valence electrons. The maximum atomic E-state index is 6.19. The second-order valence-corrected chi connectivity index (χ2v) is 5.40.